The zero-order chi connectivity index (χ0) is 44.4. The summed E-state index contributed by atoms with van der Waals surface area (Å²) < 4.78 is 15.1. The standard InChI is InChI=1S/C23H30N6O3.C20H25N5O.C2H7NO.2CH4/c1-23(2,3)19-9-8-18-21(28-11-14-32-15-12-28)26-20(27-29(18)19)16-4-6-17(7-5-16)25-22(31)24-10-13-30;1-20(2,3)17-9-8-16-19(24-10-12-26-13-11-24)22-18(23-25(16)17)14-4-6-15(21)7-5-14;3-1-2-4;;/h4-9,30H,10-15H2,1-3H3,(H2,24,25,31);4-9H,10-13,21H2,1-3H3;4H,1-3H2;2*1H4. The molecule has 8 rings (SSSR count). The first-order valence-corrected chi connectivity index (χ1v) is 21.1. The van der Waals surface area contributed by atoms with Crippen molar-refractivity contribution in [3.8, 4) is 22.8 Å². The Labute approximate surface area is 377 Å². The van der Waals surface area contributed by atoms with Crippen LogP contribution in [-0.4, -0.2) is 124 Å². The molecule has 0 spiro atoms. The van der Waals surface area contributed by atoms with Crippen LogP contribution in [-0.2, 0) is 20.3 Å². The zero-order valence-corrected chi connectivity index (χ0v) is 36.8. The summed E-state index contributed by atoms with van der Waals surface area (Å²) in [5.41, 5.74) is 18.0. The fraction of sp³-hybridized carbons (Fsp3) is 0.468. The molecule has 17 nitrogen and oxygen atoms in total. The van der Waals surface area contributed by atoms with Crippen molar-refractivity contribution in [3.63, 3.8) is 0 Å². The summed E-state index contributed by atoms with van der Waals surface area (Å²) in [5.74, 6) is 3.20. The van der Waals surface area contributed by atoms with Crippen LogP contribution in [0.2, 0.25) is 0 Å². The molecule has 2 saturated heterocycles. The molecule has 0 unspecified atom stereocenters. The Balaban J connectivity index is 0.000000256. The highest BCUT2D eigenvalue weighted by Gasteiger charge is 2.26. The molecule has 6 aromatic rings. The number of aliphatic hydroxyl groups excluding tert-OH is 2. The van der Waals surface area contributed by atoms with Gasteiger partial charge in [-0.2, -0.15) is 0 Å². The molecule has 2 amide bonds. The van der Waals surface area contributed by atoms with Crippen molar-refractivity contribution in [2.45, 2.75) is 67.2 Å². The van der Waals surface area contributed by atoms with E-state index in [1.54, 1.807) is 0 Å². The number of anilines is 4. The van der Waals surface area contributed by atoms with Gasteiger partial charge >= 0.3 is 6.03 Å². The zero-order valence-electron chi connectivity index (χ0n) is 36.8. The number of hydrogen-bond acceptors (Lipinski definition) is 13. The van der Waals surface area contributed by atoms with E-state index in [0.717, 1.165) is 84.6 Å². The summed E-state index contributed by atoms with van der Waals surface area (Å²) in [4.78, 5) is 26.2. The number of amides is 2. The van der Waals surface area contributed by atoms with Crippen LogP contribution in [0.15, 0.2) is 72.8 Å². The van der Waals surface area contributed by atoms with Gasteiger partial charge in [0.05, 0.1) is 39.6 Å². The minimum atomic E-state index is -0.360. The topological polar surface area (TPSA) is 219 Å². The average molecular weight is 883 g/mol. The monoisotopic (exact) mass is 883 g/mol. The molecule has 6 heterocycles. The van der Waals surface area contributed by atoms with E-state index < -0.39 is 0 Å². The summed E-state index contributed by atoms with van der Waals surface area (Å²) >= 11 is 0. The lowest BCUT2D eigenvalue weighted by Gasteiger charge is -2.29. The van der Waals surface area contributed by atoms with Gasteiger partial charge in [0, 0.05) is 84.0 Å². The molecule has 0 radical (unpaired) electrons. The maximum Gasteiger partial charge on any atom is 0.319 e. The number of rotatable bonds is 8. The van der Waals surface area contributed by atoms with E-state index in [2.05, 4.69) is 86.2 Å². The molecular formula is C47H70N12O5. The molecule has 2 aliphatic rings. The van der Waals surface area contributed by atoms with Crippen LogP contribution in [0.1, 0.15) is 67.8 Å². The van der Waals surface area contributed by atoms with Crippen molar-refractivity contribution in [2.75, 3.05) is 99.8 Å². The van der Waals surface area contributed by atoms with Gasteiger partial charge in [0.25, 0.3) is 0 Å². The summed E-state index contributed by atoms with van der Waals surface area (Å²) in [6, 6.07) is 23.3. The van der Waals surface area contributed by atoms with Crippen molar-refractivity contribution in [1.29, 1.82) is 0 Å². The molecule has 2 aromatic carbocycles. The number of carbonyl (C=O) groups is 1. The van der Waals surface area contributed by atoms with Crippen molar-refractivity contribution >= 4 is 40.1 Å². The quantitative estimate of drug-likeness (QED) is 0.0973. The lowest BCUT2D eigenvalue weighted by atomic mass is 9.92. The van der Waals surface area contributed by atoms with Crippen molar-refractivity contribution in [2.24, 2.45) is 5.73 Å². The molecule has 0 aliphatic carbocycles. The number of aliphatic hydroxyl groups is 2. The Kier molecular flexibility index (Phi) is 18.0. The second kappa shape index (κ2) is 22.7. The molecule has 0 bridgehead atoms. The Morgan fingerprint density at radius 3 is 1.44 bits per heavy atom. The minimum absolute atomic E-state index is 0. The first-order valence-electron chi connectivity index (χ1n) is 21.1. The molecule has 8 N–H and O–H groups in total. The van der Waals surface area contributed by atoms with E-state index in [1.165, 1.54) is 5.69 Å². The molecule has 4 aromatic heterocycles. The SMILES string of the molecule is C.C.CC(C)(C)c1ccc2c(N3CCOCC3)nc(-c3ccc(N)cc3)nn12.CC(C)(C)c1ccc2c(N3CCOCC3)nc(-c3ccc(NC(=O)NCCO)cc3)nn12.NCCO. The van der Waals surface area contributed by atoms with Crippen LogP contribution >= 0.6 is 0 Å². The third-order valence-corrected chi connectivity index (χ3v) is 10.2. The number of benzene rings is 2. The summed E-state index contributed by atoms with van der Waals surface area (Å²) in [7, 11) is 0. The molecule has 0 atom stereocenters. The van der Waals surface area contributed by atoms with Crippen LogP contribution in [0.4, 0.5) is 27.8 Å². The Morgan fingerprint density at radius 1 is 0.656 bits per heavy atom. The Morgan fingerprint density at radius 2 is 1.06 bits per heavy atom. The van der Waals surface area contributed by atoms with Gasteiger partial charge in [-0.15, -0.1) is 10.2 Å². The lowest BCUT2D eigenvalue weighted by Crippen LogP contribution is -2.37. The number of aromatic nitrogens is 6. The number of nitrogens with one attached hydrogen (secondary N) is 2. The van der Waals surface area contributed by atoms with Gasteiger partial charge in [-0.1, -0.05) is 56.4 Å². The Bertz CT molecular complexity index is 2370. The van der Waals surface area contributed by atoms with Crippen LogP contribution in [0.25, 0.3) is 33.8 Å². The molecule has 64 heavy (non-hydrogen) atoms. The van der Waals surface area contributed by atoms with E-state index in [9.17, 15) is 4.79 Å². The average Bonchev–Trinajstić information content (AvgIpc) is 3.92. The van der Waals surface area contributed by atoms with Crippen LogP contribution in [0, 0.1) is 0 Å². The van der Waals surface area contributed by atoms with E-state index in [0.29, 0.717) is 37.1 Å². The van der Waals surface area contributed by atoms with E-state index >= 15 is 0 Å². The van der Waals surface area contributed by atoms with Crippen LogP contribution in [0.5, 0.6) is 0 Å². The second-order valence-electron chi connectivity index (χ2n) is 17.1. The maximum absolute atomic E-state index is 11.8. The number of carbonyl (C=O) groups excluding carboxylic acids is 1. The molecule has 2 aliphatic heterocycles. The van der Waals surface area contributed by atoms with Crippen LogP contribution in [0.3, 0.4) is 0 Å². The number of ether oxygens (including phenoxy) is 2. The highest BCUT2D eigenvalue weighted by molar-refractivity contribution is 5.89. The largest absolute Gasteiger partial charge is 0.399 e. The number of nitrogens with zero attached hydrogens (tertiary/aromatic N) is 8. The van der Waals surface area contributed by atoms with E-state index in [1.807, 2.05) is 57.6 Å². The molecule has 0 saturated carbocycles. The van der Waals surface area contributed by atoms with E-state index in [-0.39, 0.29) is 51.5 Å². The minimum Gasteiger partial charge on any atom is -0.399 e. The van der Waals surface area contributed by atoms with Gasteiger partial charge in [-0.05, 0) is 72.8 Å². The molecule has 348 valence electrons. The van der Waals surface area contributed by atoms with E-state index in [4.69, 9.17) is 51.3 Å². The summed E-state index contributed by atoms with van der Waals surface area (Å²) in [6.07, 6.45) is 0. The number of nitrogen functional groups attached to an aromatic ring is 1. The Hall–Kier alpha value is -5.85. The maximum atomic E-state index is 11.8. The first kappa shape index (κ1) is 50.8. The lowest BCUT2D eigenvalue weighted by molar-refractivity contribution is 0.122. The predicted molar refractivity (Wildman–Crippen MR) is 258 cm³/mol. The number of hydrogen-bond donors (Lipinski definition) is 6. The number of fused-ring (bicyclic) bond motifs is 2. The third-order valence-electron chi connectivity index (χ3n) is 10.2. The fourth-order valence-corrected chi connectivity index (χ4v) is 7.04. The molecule has 2 fully saturated rings. The van der Waals surface area contributed by atoms with Gasteiger partial charge in [-0.25, -0.2) is 23.8 Å². The highest BCUT2D eigenvalue weighted by Crippen LogP contribution is 2.32. The number of nitrogens with two attached hydrogens (primary N) is 2. The van der Waals surface area contributed by atoms with Gasteiger partial charge in [0.15, 0.2) is 23.3 Å². The van der Waals surface area contributed by atoms with Crippen LogP contribution < -0.4 is 31.9 Å². The normalized spacial score (nSPS) is 14.1. The fourth-order valence-electron chi connectivity index (χ4n) is 7.04. The van der Waals surface area contributed by atoms with Crippen molar-refractivity contribution in [3.05, 3.63) is 84.2 Å². The predicted octanol–water partition coefficient (Wildman–Crippen LogP) is 5.97. The van der Waals surface area contributed by atoms with Crippen molar-refractivity contribution in [1.82, 2.24) is 34.5 Å². The second-order valence-corrected chi connectivity index (χ2v) is 17.1. The molecular weight excluding hydrogens is 813 g/mol. The molecule has 17 heteroatoms. The van der Waals surface area contributed by atoms with Gasteiger partial charge in [-0.3, -0.25) is 0 Å². The summed E-state index contributed by atoms with van der Waals surface area (Å²) in [5, 5.41) is 31.6. The highest BCUT2D eigenvalue weighted by atomic mass is 16.5. The van der Waals surface area contributed by atoms with Crippen molar-refractivity contribution < 1.29 is 24.5 Å². The van der Waals surface area contributed by atoms with Gasteiger partial charge in [0.1, 0.15) is 11.0 Å². The smallest absolute Gasteiger partial charge is 0.319 e. The number of morpholine rings is 2. The van der Waals surface area contributed by atoms with Gasteiger partial charge in [0.2, 0.25) is 0 Å². The third kappa shape index (κ3) is 12.4. The summed E-state index contributed by atoms with van der Waals surface area (Å²) in [6.45, 7) is 19.7. The first-order chi connectivity index (χ1) is 29.7. The number of urea groups is 1. The van der Waals surface area contributed by atoms with Gasteiger partial charge < -0.3 is 51.6 Å².